The van der Waals surface area contributed by atoms with Crippen molar-refractivity contribution >= 4 is 17.4 Å². The van der Waals surface area contributed by atoms with Crippen molar-refractivity contribution in [3.8, 4) is 5.00 Å². The standard InChI is InChI=1S/C22H31N3OS/c1-4-18-19-9-7-13-24(19)21-17(16-8-5-6-10-20(16)27-21)14-25(18)22(26)23-12-11-15(2)3/h7,9,13,15,18H,4-6,8,10-12,14H2,1-3H3,(H,23,26). The Bertz CT molecular complexity index is 820. The van der Waals surface area contributed by atoms with Crippen LogP contribution >= 0.6 is 11.3 Å². The summed E-state index contributed by atoms with van der Waals surface area (Å²) in [5.74, 6) is 0.601. The van der Waals surface area contributed by atoms with Crippen LogP contribution < -0.4 is 5.32 Å². The number of rotatable bonds is 4. The van der Waals surface area contributed by atoms with Gasteiger partial charge in [0.15, 0.2) is 0 Å². The van der Waals surface area contributed by atoms with Crippen molar-refractivity contribution in [2.24, 2.45) is 5.92 Å². The molecule has 0 saturated carbocycles. The van der Waals surface area contributed by atoms with E-state index in [-0.39, 0.29) is 12.1 Å². The normalized spacial score (nSPS) is 18.7. The molecule has 4 rings (SSSR count). The Balaban J connectivity index is 1.71. The SMILES string of the molecule is CCC1c2cccn2-c2sc3c(c2CN1C(=O)NCCC(C)C)CCCC3. The van der Waals surface area contributed by atoms with Gasteiger partial charge in [0.25, 0.3) is 0 Å². The number of nitrogens with zero attached hydrogens (tertiary/aromatic N) is 2. The summed E-state index contributed by atoms with van der Waals surface area (Å²) < 4.78 is 2.36. The zero-order chi connectivity index (χ0) is 19.0. The molecule has 2 aliphatic rings. The smallest absolute Gasteiger partial charge is 0.318 e. The second-order valence-electron chi connectivity index (χ2n) is 8.26. The summed E-state index contributed by atoms with van der Waals surface area (Å²) in [4.78, 5) is 16.8. The number of carbonyl (C=O) groups excluding carboxylic acids is 1. The number of amides is 2. The molecule has 1 aliphatic heterocycles. The molecule has 2 aromatic heterocycles. The van der Waals surface area contributed by atoms with Gasteiger partial charge < -0.3 is 14.8 Å². The summed E-state index contributed by atoms with van der Waals surface area (Å²) in [7, 11) is 0. The predicted molar refractivity (Wildman–Crippen MR) is 112 cm³/mol. The highest BCUT2D eigenvalue weighted by molar-refractivity contribution is 7.15. The fourth-order valence-corrected chi connectivity index (χ4v) is 5.88. The van der Waals surface area contributed by atoms with Gasteiger partial charge >= 0.3 is 6.03 Å². The molecule has 0 aromatic carbocycles. The Morgan fingerprint density at radius 1 is 1.30 bits per heavy atom. The monoisotopic (exact) mass is 385 g/mol. The van der Waals surface area contributed by atoms with Crippen molar-refractivity contribution in [2.75, 3.05) is 6.54 Å². The molecule has 1 atom stereocenters. The highest BCUT2D eigenvalue weighted by atomic mass is 32.1. The third-order valence-electron chi connectivity index (χ3n) is 5.95. The molecule has 0 spiro atoms. The number of hydrogen-bond donors (Lipinski definition) is 1. The van der Waals surface area contributed by atoms with E-state index in [1.54, 1.807) is 4.88 Å². The molecule has 146 valence electrons. The number of thiophene rings is 1. The van der Waals surface area contributed by atoms with E-state index >= 15 is 0 Å². The molecule has 1 N–H and O–H groups in total. The van der Waals surface area contributed by atoms with Gasteiger partial charge in [0.1, 0.15) is 5.00 Å². The van der Waals surface area contributed by atoms with E-state index in [9.17, 15) is 4.79 Å². The van der Waals surface area contributed by atoms with E-state index in [0.717, 1.165) is 32.4 Å². The maximum atomic E-state index is 13.1. The van der Waals surface area contributed by atoms with Gasteiger partial charge in [0, 0.05) is 28.9 Å². The Kier molecular flexibility index (Phi) is 5.31. The fourth-order valence-electron chi connectivity index (χ4n) is 4.48. The van der Waals surface area contributed by atoms with E-state index < -0.39 is 0 Å². The molecule has 0 bridgehead atoms. The lowest BCUT2D eigenvalue weighted by Crippen LogP contribution is -2.42. The average molecular weight is 386 g/mol. The van der Waals surface area contributed by atoms with Gasteiger partial charge in [0.2, 0.25) is 0 Å². The van der Waals surface area contributed by atoms with Gasteiger partial charge in [-0.2, -0.15) is 0 Å². The van der Waals surface area contributed by atoms with Gasteiger partial charge in [-0.25, -0.2) is 4.79 Å². The molecule has 4 nitrogen and oxygen atoms in total. The van der Waals surface area contributed by atoms with Gasteiger partial charge in [-0.1, -0.05) is 20.8 Å². The minimum atomic E-state index is 0.0823. The van der Waals surface area contributed by atoms with Gasteiger partial charge in [-0.3, -0.25) is 0 Å². The Morgan fingerprint density at radius 3 is 2.89 bits per heavy atom. The Hall–Kier alpha value is -1.75. The molecule has 2 amide bonds. The largest absolute Gasteiger partial charge is 0.338 e. The molecule has 27 heavy (non-hydrogen) atoms. The molecule has 0 fully saturated rings. The third kappa shape index (κ3) is 3.42. The van der Waals surface area contributed by atoms with Crippen molar-refractivity contribution in [2.45, 2.75) is 71.9 Å². The van der Waals surface area contributed by atoms with E-state index in [1.165, 1.54) is 41.1 Å². The summed E-state index contributed by atoms with van der Waals surface area (Å²) in [5.41, 5.74) is 4.16. The van der Waals surface area contributed by atoms with Gasteiger partial charge in [-0.15, -0.1) is 11.3 Å². The lowest BCUT2D eigenvalue weighted by molar-refractivity contribution is 0.167. The van der Waals surface area contributed by atoms with E-state index in [1.807, 2.05) is 11.3 Å². The number of hydrogen-bond acceptors (Lipinski definition) is 2. The van der Waals surface area contributed by atoms with Crippen LogP contribution in [0, 0.1) is 5.92 Å². The topological polar surface area (TPSA) is 37.3 Å². The van der Waals surface area contributed by atoms with Crippen LogP contribution in [-0.2, 0) is 19.4 Å². The molecule has 3 heterocycles. The highest BCUT2D eigenvalue weighted by Crippen LogP contribution is 2.42. The quantitative estimate of drug-likeness (QED) is 0.747. The van der Waals surface area contributed by atoms with Gasteiger partial charge in [0.05, 0.1) is 12.6 Å². The molecule has 2 aromatic rings. The number of carbonyl (C=O) groups is 1. The molecule has 1 aliphatic carbocycles. The molecular weight excluding hydrogens is 354 g/mol. The number of aromatic nitrogens is 1. The van der Waals surface area contributed by atoms with Crippen molar-refractivity contribution < 1.29 is 4.79 Å². The van der Waals surface area contributed by atoms with Crippen LogP contribution in [0.4, 0.5) is 4.79 Å². The van der Waals surface area contributed by atoms with E-state index in [4.69, 9.17) is 0 Å². The number of fused-ring (bicyclic) bond motifs is 5. The summed E-state index contributed by atoms with van der Waals surface area (Å²) in [6.45, 7) is 8.06. The lowest BCUT2D eigenvalue weighted by Gasteiger charge is -2.30. The van der Waals surface area contributed by atoms with Crippen LogP contribution in [0.2, 0.25) is 0 Å². The summed E-state index contributed by atoms with van der Waals surface area (Å²) in [5, 5.41) is 4.53. The first-order valence-electron chi connectivity index (χ1n) is 10.5. The molecule has 5 heteroatoms. The fraction of sp³-hybridized carbons (Fsp3) is 0.591. The maximum Gasteiger partial charge on any atom is 0.318 e. The first-order chi connectivity index (χ1) is 13.1. The number of urea groups is 1. The van der Waals surface area contributed by atoms with Crippen LogP contribution in [0.5, 0.6) is 0 Å². The minimum absolute atomic E-state index is 0.0823. The summed E-state index contributed by atoms with van der Waals surface area (Å²) >= 11 is 1.95. The van der Waals surface area contributed by atoms with E-state index in [2.05, 4.69) is 53.9 Å². The highest BCUT2D eigenvalue weighted by Gasteiger charge is 2.34. The second-order valence-corrected chi connectivity index (χ2v) is 9.35. The van der Waals surface area contributed by atoms with Crippen molar-refractivity contribution in [3.05, 3.63) is 40.0 Å². The zero-order valence-corrected chi connectivity index (χ0v) is 17.6. The molecule has 0 saturated heterocycles. The van der Waals surface area contributed by atoms with Crippen molar-refractivity contribution in [3.63, 3.8) is 0 Å². The van der Waals surface area contributed by atoms with Gasteiger partial charge in [-0.05, 0) is 62.1 Å². The number of aryl methyl sites for hydroxylation is 1. The molecule has 0 radical (unpaired) electrons. The Labute approximate surface area is 166 Å². The molecule has 1 unspecified atom stereocenters. The average Bonchev–Trinajstić information content (AvgIpc) is 3.23. The minimum Gasteiger partial charge on any atom is -0.338 e. The van der Waals surface area contributed by atoms with Crippen molar-refractivity contribution in [1.82, 2.24) is 14.8 Å². The first-order valence-corrected chi connectivity index (χ1v) is 11.3. The van der Waals surface area contributed by atoms with Crippen molar-refractivity contribution in [1.29, 1.82) is 0 Å². The summed E-state index contributed by atoms with van der Waals surface area (Å²) in [6, 6.07) is 4.52. The Morgan fingerprint density at radius 2 is 2.11 bits per heavy atom. The van der Waals surface area contributed by atoms with Crippen LogP contribution in [-0.4, -0.2) is 22.0 Å². The first kappa shape index (κ1) is 18.6. The zero-order valence-electron chi connectivity index (χ0n) is 16.8. The van der Waals surface area contributed by atoms with Crippen LogP contribution in [0.15, 0.2) is 18.3 Å². The van der Waals surface area contributed by atoms with Crippen LogP contribution in [0.1, 0.15) is 74.2 Å². The predicted octanol–water partition coefficient (Wildman–Crippen LogP) is 5.44. The maximum absolute atomic E-state index is 13.1. The third-order valence-corrected chi connectivity index (χ3v) is 7.28. The van der Waals surface area contributed by atoms with E-state index in [0.29, 0.717) is 5.92 Å². The second kappa shape index (κ2) is 7.70. The van der Waals surface area contributed by atoms with Crippen LogP contribution in [0.3, 0.4) is 0 Å². The lowest BCUT2D eigenvalue weighted by atomic mass is 9.95. The number of nitrogens with one attached hydrogen (secondary N) is 1. The van der Waals surface area contributed by atoms with Crippen LogP contribution in [0.25, 0.3) is 5.00 Å². The molecular formula is C22H31N3OS. The summed E-state index contributed by atoms with van der Waals surface area (Å²) in [6.07, 6.45) is 9.05.